The molecule has 2 fully saturated rings. The Morgan fingerprint density at radius 2 is 2.08 bits per heavy atom. The van der Waals surface area contributed by atoms with Gasteiger partial charge >= 0.3 is 0 Å². The zero-order valence-electron chi connectivity index (χ0n) is 14.3. The molecule has 1 atom stereocenters. The first-order valence-corrected chi connectivity index (χ1v) is 8.38. The fourth-order valence-corrected chi connectivity index (χ4v) is 3.57. The van der Waals surface area contributed by atoms with E-state index in [1.165, 1.54) is 13.2 Å². The van der Waals surface area contributed by atoms with E-state index in [1.807, 2.05) is 0 Å². The third-order valence-corrected chi connectivity index (χ3v) is 5.12. The molecule has 136 valence electrons. The standard InChI is InChI=1S/C18H23FN2O4/c1-24-17(10-15(20)22)11-21(8-9-25-12-17)16(23)18(6-7-18)13-4-2-3-5-14(13)19/h2-5H,6-12H2,1H3,(H2,20,22)/t17-/m1/s1. The summed E-state index contributed by atoms with van der Waals surface area (Å²) in [5, 5.41) is 0. The van der Waals surface area contributed by atoms with Gasteiger partial charge in [-0.3, -0.25) is 9.59 Å². The van der Waals surface area contributed by atoms with Crippen LogP contribution >= 0.6 is 0 Å². The molecule has 0 radical (unpaired) electrons. The molecule has 0 bridgehead atoms. The van der Waals surface area contributed by atoms with Crippen LogP contribution in [-0.4, -0.2) is 55.7 Å². The molecule has 1 aliphatic carbocycles. The number of carbonyl (C=O) groups is 2. The van der Waals surface area contributed by atoms with Crippen LogP contribution in [0.5, 0.6) is 0 Å². The molecule has 0 spiro atoms. The molecule has 2 amide bonds. The average molecular weight is 350 g/mol. The van der Waals surface area contributed by atoms with Crippen molar-refractivity contribution in [3.05, 3.63) is 35.6 Å². The highest BCUT2D eigenvalue weighted by Crippen LogP contribution is 2.50. The number of nitrogens with two attached hydrogens (primary N) is 1. The van der Waals surface area contributed by atoms with E-state index >= 15 is 0 Å². The minimum Gasteiger partial charge on any atom is -0.377 e. The molecule has 2 N–H and O–H groups in total. The monoisotopic (exact) mass is 350 g/mol. The third kappa shape index (κ3) is 3.39. The van der Waals surface area contributed by atoms with Crippen LogP contribution in [0.4, 0.5) is 4.39 Å². The fraction of sp³-hybridized carbons (Fsp3) is 0.556. The Hall–Kier alpha value is -1.99. The summed E-state index contributed by atoms with van der Waals surface area (Å²) in [5.74, 6) is -1.03. The van der Waals surface area contributed by atoms with Crippen molar-refractivity contribution in [2.45, 2.75) is 30.3 Å². The molecule has 1 aromatic rings. The summed E-state index contributed by atoms with van der Waals surface area (Å²) in [5.41, 5.74) is 3.99. The van der Waals surface area contributed by atoms with Crippen molar-refractivity contribution in [3.63, 3.8) is 0 Å². The lowest BCUT2D eigenvalue weighted by molar-refractivity contribution is -0.141. The minimum atomic E-state index is -0.969. The molecule has 1 aromatic carbocycles. The molecule has 1 aliphatic heterocycles. The first-order valence-electron chi connectivity index (χ1n) is 8.38. The normalized spacial score (nSPS) is 25.3. The molecule has 0 unspecified atom stereocenters. The lowest BCUT2D eigenvalue weighted by Crippen LogP contribution is -2.52. The maximum absolute atomic E-state index is 14.2. The zero-order chi connectivity index (χ0) is 18.1. The van der Waals surface area contributed by atoms with Crippen molar-refractivity contribution in [2.24, 2.45) is 5.73 Å². The molecule has 7 heteroatoms. The summed E-state index contributed by atoms with van der Waals surface area (Å²) in [6.45, 7) is 1.09. The van der Waals surface area contributed by atoms with E-state index in [2.05, 4.69) is 0 Å². The predicted octanol–water partition coefficient (Wildman–Crippen LogP) is 0.977. The maximum atomic E-state index is 14.2. The zero-order valence-corrected chi connectivity index (χ0v) is 14.3. The largest absolute Gasteiger partial charge is 0.377 e. The fourth-order valence-electron chi connectivity index (χ4n) is 3.57. The molecule has 2 aliphatic rings. The van der Waals surface area contributed by atoms with Crippen LogP contribution in [0.25, 0.3) is 0 Å². The van der Waals surface area contributed by atoms with E-state index in [4.69, 9.17) is 15.2 Å². The highest BCUT2D eigenvalue weighted by atomic mass is 19.1. The van der Waals surface area contributed by atoms with Gasteiger partial charge in [0.05, 0.1) is 31.6 Å². The lowest BCUT2D eigenvalue weighted by atomic mass is 9.92. The van der Waals surface area contributed by atoms with Gasteiger partial charge in [-0.05, 0) is 18.9 Å². The number of methoxy groups -OCH3 is 1. The molecule has 3 rings (SSSR count). The van der Waals surface area contributed by atoms with E-state index in [9.17, 15) is 14.0 Å². The predicted molar refractivity (Wildman–Crippen MR) is 88.3 cm³/mol. The van der Waals surface area contributed by atoms with Crippen LogP contribution in [0.1, 0.15) is 24.8 Å². The first kappa shape index (κ1) is 17.8. The van der Waals surface area contributed by atoms with Crippen molar-refractivity contribution in [1.82, 2.24) is 4.90 Å². The van der Waals surface area contributed by atoms with Crippen LogP contribution in [0.2, 0.25) is 0 Å². The molecule has 1 saturated carbocycles. The van der Waals surface area contributed by atoms with Crippen molar-refractivity contribution in [2.75, 3.05) is 33.4 Å². The van der Waals surface area contributed by atoms with Gasteiger partial charge in [0.1, 0.15) is 11.4 Å². The van der Waals surface area contributed by atoms with Gasteiger partial charge in [0.2, 0.25) is 11.8 Å². The highest BCUT2D eigenvalue weighted by molar-refractivity contribution is 5.91. The van der Waals surface area contributed by atoms with E-state index in [0.717, 1.165) is 0 Å². The van der Waals surface area contributed by atoms with Crippen molar-refractivity contribution < 1.29 is 23.5 Å². The summed E-state index contributed by atoms with van der Waals surface area (Å²) in [7, 11) is 1.48. The van der Waals surface area contributed by atoms with Crippen molar-refractivity contribution >= 4 is 11.8 Å². The summed E-state index contributed by atoms with van der Waals surface area (Å²) >= 11 is 0. The van der Waals surface area contributed by atoms with E-state index in [-0.39, 0.29) is 31.3 Å². The van der Waals surface area contributed by atoms with Gasteiger partial charge in [-0.25, -0.2) is 4.39 Å². The Bertz CT molecular complexity index is 677. The maximum Gasteiger partial charge on any atom is 0.233 e. The second-order valence-electron chi connectivity index (χ2n) is 6.87. The lowest BCUT2D eigenvalue weighted by Gasteiger charge is -2.35. The van der Waals surface area contributed by atoms with Crippen molar-refractivity contribution in [1.29, 1.82) is 0 Å². The Morgan fingerprint density at radius 3 is 2.68 bits per heavy atom. The average Bonchev–Trinajstić information content (AvgIpc) is 3.39. The van der Waals surface area contributed by atoms with E-state index in [0.29, 0.717) is 31.6 Å². The number of primary amides is 1. The molecular formula is C18H23FN2O4. The van der Waals surface area contributed by atoms with Gasteiger partial charge in [-0.15, -0.1) is 0 Å². The molecule has 0 aromatic heterocycles. The minimum absolute atomic E-state index is 0.0417. The van der Waals surface area contributed by atoms with Crippen LogP contribution in [-0.2, 0) is 24.5 Å². The first-order chi connectivity index (χ1) is 11.9. The van der Waals surface area contributed by atoms with Crippen LogP contribution in [0.15, 0.2) is 24.3 Å². The SMILES string of the molecule is CO[C@@]1(CC(N)=O)COCCN(C(=O)C2(c3ccccc3F)CC2)C1. The summed E-state index contributed by atoms with van der Waals surface area (Å²) in [4.78, 5) is 26.3. The van der Waals surface area contributed by atoms with Crippen LogP contribution < -0.4 is 5.73 Å². The van der Waals surface area contributed by atoms with Gasteiger partial charge in [0.25, 0.3) is 0 Å². The van der Waals surface area contributed by atoms with Gasteiger partial charge in [0, 0.05) is 19.2 Å². The Morgan fingerprint density at radius 1 is 1.36 bits per heavy atom. The van der Waals surface area contributed by atoms with Gasteiger partial charge in [-0.1, -0.05) is 18.2 Å². The molecule has 25 heavy (non-hydrogen) atoms. The smallest absolute Gasteiger partial charge is 0.233 e. The summed E-state index contributed by atoms with van der Waals surface area (Å²) in [6.07, 6.45) is 1.18. The number of amides is 2. The number of halogens is 1. The summed E-state index contributed by atoms with van der Waals surface area (Å²) in [6, 6.07) is 6.40. The van der Waals surface area contributed by atoms with Crippen molar-refractivity contribution in [3.8, 4) is 0 Å². The number of nitrogens with zero attached hydrogens (tertiary/aromatic N) is 1. The van der Waals surface area contributed by atoms with Gasteiger partial charge < -0.3 is 20.1 Å². The second-order valence-corrected chi connectivity index (χ2v) is 6.87. The molecule has 6 nitrogen and oxygen atoms in total. The Kier molecular flexibility index (Phi) is 4.79. The van der Waals surface area contributed by atoms with Gasteiger partial charge in [0.15, 0.2) is 0 Å². The molecule has 1 heterocycles. The highest BCUT2D eigenvalue weighted by Gasteiger charge is 2.55. The molecular weight excluding hydrogens is 327 g/mol. The number of hydrogen-bond donors (Lipinski definition) is 1. The third-order valence-electron chi connectivity index (χ3n) is 5.12. The number of hydrogen-bond acceptors (Lipinski definition) is 4. The Balaban J connectivity index is 1.86. The number of rotatable bonds is 5. The van der Waals surface area contributed by atoms with Crippen LogP contribution in [0.3, 0.4) is 0 Å². The summed E-state index contributed by atoms with van der Waals surface area (Å²) < 4.78 is 25.3. The number of carbonyl (C=O) groups excluding carboxylic acids is 2. The van der Waals surface area contributed by atoms with Crippen LogP contribution in [0, 0.1) is 5.82 Å². The quantitative estimate of drug-likeness (QED) is 0.858. The topological polar surface area (TPSA) is 81.9 Å². The molecule has 1 saturated heterocycles. The number of ether oxygens (including phenoxy) is 2. The Labute approximate surface area is 146 Å². The number of benzene rings is 1. The van der Waals surface area contributed by atoms with Gasteiger partial charge in [-0.2, -0.15) is 0 Å². The van der Waals surface area contributed by atoms with E-state index in [1.54, 1.807) is 23.1 Å². The second kappa shape index (κ2) is 6.72. The van der Waals surface area contributed by atoms with E-state index < -0.39 is 16.9 Å².